The molecule has 1 aromatic carbocycles. The van der Waals surface area contributed by atoms with Crippen LogP contribution < -0.4 is 0 Å². The van der Waals surface area contributed by atoms with Crippen molar-refractivity contribution in [2.75, 3.05) is 0 Å². The van der Waals surface area contributed by atoms with Gasteiger partial charge in [0, 0.05) is 22.7 Å². The Kier molecular flexibility index (Phi) is 2.33. The minimum absolute atomic E-state index is 0.210. The molecule has 0 bridgehead atoms. The van der Waals surface area contributed by atoms with Crippen LogP contribution >= 0.6 is 0 Å². The lowest BCUT2D eigenvalue weighted by Crippen LogP contribution is -2.01. The zero-order chi connectivity index (χ0) is 12.5. The maximum absolute atomic E-state index is 10.7. The zero-order valence-electron chi connectivity index (χ0n) is 9.25. The van der Waals surface area contributed by atoms with Crippen molar-refractivity contribution in [1.82, 2.24) is 15.3 Å². The third kappa shape index (κ3) is 1.64. The Labute approximate surface area is 101 Å². The number of hydrogen-bond donors (Lipinski definition) is 2. The molecule has 0 unspecified atom stereocenters. The third-order valence-electron chi connectivity index (χ3n) is 2.72. The van der Waals surface area contributed by atoms with Gasteiger partial charge in [0.05, 0.1) is 6.42 Å². The predicted molar refractivity (Wildman–Crippen MR) is 62.9 cm³/mol. The van der Waals surface area contributed by atoms with Crippen LogP contribution in [-0.4, -0.2) is 26.4 Å². The summed E-state index contributed by atoms with van der Waals surface area (Å²) in [6.45, 7) is 0. The number of rotatable bonds is 3. The lowest BCUT2D eigenvalue weighted by atomic mass is 10.1. The number of fused-ring (bicyclic) bond motifs is 1. The molecule has 6 heteroatoms. The second-order valence-electron chi connectivity index (χ2n) is 3.88. The Hall–Kier alpha value is -2.63. The van der Waals surface area contributed by atoms with Gasteiger partial charge in [-0.15, -0.1) is 0 Å². The Morgan fingerprint density at radius 3 is 3.00 bits per heavy atom. The van der Waals surface area contributed by atoms with E-state index in [-0.39, 0.29) is 6.42 Å². The summed E-state index contributed by atoms with van der Waals surface area (Å²) in [7, 11) is 0. The van der Waals surface area contributed by atoms with E-state index in [9.17, 15) is 4.79 Å². The molecule has 3 aromatic rings. The molecule has 0 amide bonds. The number of benzene rings is 1. The number of H-pyrrole nitrogens is 1. The summed E-state index contributed by atoms with van der Waals surface area (Å²) >= 11 is 0. The van der Waals surface area contributed by atoms with Crippen LogP contribution in [-0.2, 0) is 11.2 Å². The Morgan fingerprint density at radius 1 is 1.33 bits per heavy atom. The number of nitrogens with zero attached hydrogens (tertiary/aromatic N) is 2. The summed E-state index contributed by atoms with van der Waals surface area (Å²) in [5.41, 5.74) is 2.54. The van der Waals surface area contributed by atoms with Gasteiger partial charge in [-0.05, 0) is 11.2 Å². The van der Waals surface area contributed by atoms with Crippen molar-refractivity contribution in [2.45, 2.75) is 6.42 Å². The van der Waals surface area contributed by atoms with Crippen molar-refractivity contribution in [3.8, 4) is 11.3 Å². The number of carboxylic acids is 1. The molecule has 18 heavy (non-hydrogen) atoms. The molecule has 0 saturated carbocycles. The molecular weight excluding hydrogens is 234 g/mol. The van der Waals surface area contributed by atoms with Gasteiger partial charge in [0.2, 0.25) is 0 Å². The first kappa shape index (κ1) is 10.5. The fraction of sp³-hybridized carbons (Fsp3) is 0.0833. The number of hydrogen-bond acceptors (Lipinski definition) is 4. The maximum Gasteiger partial charge on any atom is 0.309 e. The summed E-state index contributed by atoms with van der Waals surface area (Å²) in [5, 5.41) is 17.2. The molecule has 90 valence electrons. The molecule has 0 aliphatic carbocycles. The fourth-order valence-electron chi connectivity index (χ4n) is 1.94. The second-order valence-corrected chi connectivity index (χ2v) is 3.88. The van der Waals surface area contributed by atoms with Gasteiger partial charge in [-0.1, -0.05) is 23.4 Å². The standard InChI is InChI=1S/C12H9N3O3/c16-11(17)5-10-12(15-18-14-10)8-6-13-9-4-2-1-3-7(8)9/h1-4,6,13H,5H2,(H,16,17). The van der Waals surface area contributed by atoms with Crippen LogP contribution in [0.3, 0.4) is 0 Å². The van der Waals surface area contributed by atoms with Crippen LogP contribution in [0.2, 0.25) is 0 Å². The predicted octanol–water partition coefficient (Wildman–Crippen LogP) is 1.84. The second kappa shape index (κ2) is 3.99. The highest BCUT2D eigenvalue weighted by Gasteiger charge is 2.17. The number of nitrogens with one attached hydrogen (secondary N) is 1. The molecule has 0 fully saturated rings. The summed E-state index contributed by atoms with van der Waals surface area (Å²) < 4.78 is 4.64. The van der Waals surface area contributed by atoms with Crippen LogP contribution in [0.25, 0.3) is 22.2 Å². The number of para-hydroxylation sites is 1. The number of carboxylic acid groups (broad SMARTS) is 1. The highest BCUT2D eigenvalue weighted by atomic mass is 16.6. The van der Waals surface area contributed by atoms with Gasteiger partial charge in [0.15, 0.2) is 0 Å². The largest absolute Gasteiger partial charge is 0.481 e. The van der Waals surface area contributed by atoms with Gasteiger partial charge < -0.3 is 10.1 Å². The Balaban J connectivity index is 2.15. The van der Waals surface area contributed by atoms with Gasteiger partial charge in [0.1, 0.15) is 11.4 Å². The van der Waals surface area contributed by atoms with Crippen LogP contribution in [0.4, 0.5) is 0 Å². The van der Waals surface area contributed by atoms with Crippen LogP contribution in [0.1, 0.15) is 5.69 Å². The molecule has 0 radical (unpaired) electrons. The number of aromatic nitrogens is 3. The van der Waals surface area contributed by atoms with E-state index in [0.717, 1.165) is 16.5 Å². The van der Waals surface area contributed by atoms with Crippen LogP contribution in [0.5, 0.6) is 0 Å². The van der Waals surface area contributed by atoms with Gasteiger partial charge >= 0.3 is 5.97 Å². The minimum Gasteiger partial charge on any atom is -0.481 e. The average molecular weight is 243 g/mol. The summed E-state index contributed by atoms with van der Waals surface area (Å²) in [6.07, 6.45) is 1.56. The Morgan fingerprint density at radius 2 is 2.17 bits per heavy atom. The summed E-state index contributed by atoms with van der Waals surface area (Å²) in [5.74, 6) is -0.966. The average Bonchev–Trinajstić information content (AvgIpc) is 2.94. The maximum atomic E-state index is 10.7. The van der Waals surface area contributed by atoms with Crippen molar-refractivity contribution in [3.05, 3.63) is 36.2 Å². The Bertz CT molecular complexity index is 714. The molecule has 0 atom stereocenters. The quantitative estimate of drug-likeness (QED) is 0.732. The molecule has 0 saturated heterocycles. The molecule has 0 aliphatic rings. The van der Waals surface area contributed by atoms with E-state index in [0.29, 0.717) is 11.4 Å². The van der Waals surface area contributed by atoms with Crippen LogP contribution in [0.15, 0.2) is 35.1 Å². The number of aliphatic carboxylic acids is 1. The van der Waals surface area contributed by atoms with Crippen molar-refractivity contribution in [3.63, 3.8) is 0 Å². The van der Waals surface area contributed by atoms with Crippen molar-refractivity contribution in [1.29, 1.82) is 0 Å². The van der Waals surface area contributed by atoms with Gasteiger partial charge in [0.25, 0.3) is 0 Å². The molecule has 3 rings (SSSR count). The lowest BCUT2D eigenvalue weighted by molar-refractivity contribution is -0.136. The first-order valence-electron chi connectivity index (χ1n) is 5.35. The summed E-state index contributed by atoms with van der Waals surface area (Å²) in [4.78, 5) is 13.8. The molecule has 0 aliphatic heterocycles. The van der Waals surface area contributed by atoms with E-state index in [2.05, 4.69) is 19.9 Å². The van der Waals surface area contributed by atoms with Crippen molar-refractivity contribution in [2.24, 2.45) is 0 Å². The molecule has 2 N–H and O–H groups in total. The zero-order valence-corrected chi connectivity index (χ0v) is 9.25. The topological polar surface area (TPSA) is 92.0 Å². The normalized spacial score (nSPS) is 10.9. The first-order chi connectivity index (χ1) is 8.75. The highest BCUT2D eigenvalue weighted by Crippen LogP contribution is 2.28. The van der Waals surface area contributed by atoms with Crippen molar-refractivity contribution < 1.29 is 14.5 Å². The van der Waals surface area contributed by atoms with E-state index >= 15 is 0 Å². The molecule has 0 spiro atoms. The minimum atomic E-state index is -0.966. The van der Waals surface area contributed by atoms with E-state index in [1.165, 1.54) is 0 Å². The third-order valence-corrected chi connectivity index (χ3v) is 2.72. The summed E-state index contributed by atoms with van der Waals surface area (Å²) in [6, 6.07) is 7.69. The number of carbonyl (C=O) groups is 1. The van der Waals surface area contributed by atoms with E-state index in [1.807, 2.05) is 24.3 Å². The van der Waals surface area contributed by atoms with Crippen LogP contribution in [0, 0.1) is 0 Å². The number of aromatic amines is 1. The van der Waals surface area contributed by atoms with Gasteiger partial charge in [-0.2, -0.15) is 0 Å². The van der Waals surface area contributed by atoms with E-state index < -0.39 is 5.97 Å². The highest BCUT2D eigenvalue weighted by molar-refractivity contribution is 5.95. The molecular formula is C12H9N3O3. The molecule has 2 aromatic heterocycles. The molecule has 2 heterocycles. The lowest BCUT2D eigenvalue weighted by Gasteiger charge is -1.95. The first-order valence-corrected chi connectivity index (χ1v) is 5.35. The van der Waals surface area contributed by atoms with E-state index in [1.54, 1.807) is 6.20 Å². The van der Waals surface area contributed by atoms with Gasteiger partial charge in [-0.3, -0.25) is 4.79 Å². The van der Waals surface area contributed by atoms with E-state index in [4.69, 9.17) is 5.11 Å². The SMILES string of the molecule is O=C(O)Cc1nonc1-c1c[nH]c2ccccc12. The van der Waals surface area contributed by atoms with Gasteiger partial charge in [-0.25, -0.2) is 4.63 Å². The molecule has 6 nitrogen and oxygen atoms in total. The monoisotopic (exact) mass is 243 g/mol. The van der Waals surface area contributed by atoms with Crippen molar-refractivity contribution >= 4 is 16.9 Å². The fourth-order valence-corrected chi connectivity index (χ4v) is 1.94. The smallest absolute Gasteiger partial charge is 0.309 e.